The fourth-order valence-corrected chi connectivity index (χ4v) is 5.84. The molecule has 39 heavy (non-hydrogen) atoms. The van der Waals surface area contributed by atoms with Gasteiger partial charge in [-0.25, -0.2) is 18.2 Å². The van der Waals surface area contributed by atoms with Crippen molar-refractivity contribution in [2.24, 2.45) is 0 Å². The normalized spacial score (nSPS) is 19.4. The second kappa shape index (κ2) is 11.0. The van der Waals surface area contributed by atoms with Gasteiger partial charge in [-0.3, -0.25) is 24.2 Å². The van der Waals surface area contributed by atoms with Crippen molar-refractivity contribution in [1.82, 2.24) is 10.3 Å². The Morgan fingerprint density at radius 3 is 2.64 bits per heavy atom. The first-order valence-electron chi connectivity index (χ1n) is 12.3. The molecule has 2 fully saturated rings. The minimum Gasteiger partial charge on any atom is -0.351 e. The first kappa shape index (κ1) is 27.1. The van der Waals surface area contributed by atoms with Gasteiger partial charge in [-0.05, 0) is 30.7 Å². The SMILES string of the molecule is O=C(NC1CC(F)(F)C1)[C@H](c1ccccc1Cl)N(C(=O)C[C@@H]1CCC(=O)N1c1cscn1)c1cccc(F)c1. The topological polar surface area (TPSA) is 82.6 Å². The highest BCUT2D eigenvalue weighted by Crippen LogP contribution is 2.39. The zero-order chi connectivity index (χ0) is 27.7. The highest BCUT2D eigenvalue weighted by molar-refractivity contribution is 7.07. The molecular formula is C27H24ClF3N4O3S. The van der Waals surface area contributed by atoms with Crippen molar-refractivity contribution >= 4 is 52.2 Å². The van der Waals surface area contributed by atoms with Crippen molar-refractivity contribution in [2.45, 2.75) is 56.2 Å². The van der Waals surface area contributed by atoms with E-state index in [1.807, 2.05) is 0 Å². The van der Waals surface area contributed by atoms with Gasteiger partial charge in [-0.1, -0.05) is 35.9 Å². The van der Waals surface area contributed by atoms with Gasteiger partial charge in [0.05, 0.1) is 5.51 Å². The van der Waals surface area contributed by atoms with E-state index in [-0.39, 0.29) is 35.0 Å². The number of thiazole rings is 1. The fraction of sp³-hybridized carbons (Fsp3) is 0.333. The summed E-state index contributed by atoms with van der Waals surface area (Å²) in [6.45, 7) is 0. The molecule has 0 bridgehead atoms. The number of hydrogen-bond donors (Lipinski definition) is 1. The first-order chi connectivity index (χ1) is 18.6. The highest BCUT2D eigenvalue weighted by atomic mass is 35.5. The van der Waals surface area contributed by atoms with Crippen molar-refractivity contribution in [3.05, 3.63) is 75.8 Å². The van der Waals surface area contributed by atoms with Crippen LogP contribution in [0.2, 0.25) is 5.02 Å². The molecule has 3 aromatic rings. The van der Waals surface area contributed by atoms with Crippen molar-refractivity contribution in [2.75, 3.05) is 9.80 Å². The van der Waals surface area contributed by atoms with E-state index in [4.69, 9.17) is 11.6 Å². The number of nitrogens with one attached hydrogen (secondary N) is 1. The lowest BCUT2D eigenvalue weighted by Gasteiger charge is -2.38. The molecule has 1 saturated carbocycles. The van der Waals surface area contributed by atoms with Crippen molar-refractivity contribution in [3.8, 4) is 0 Å². The van der Waals surface area contributed by atoms with E-state index >= 15 is 0 Å². The van der Waals surface area contributed by atoms with Crippen LogP contribution in [0.3, 0.4) is 0 Å². The molecule has 0 spiro atoms. The average Bonchev–Trinajstić information content (AvgIpc) is 3.51. The molecule has 2 aromatic carbocycles. The number of aromatic nitrogens is 1. The summed E-state index contributed by atoms with van der Waals surface area (Å²) in [5.74, 6) is -4.54. The van der Waals surface area contributed by atoms with Gasteiger partial charge in [0.15, 0.2) is 0 Å². The Labute approximate surface area is 231 Å². The maximum atomic E-state index is 14.4. The van der Waals surface area contributed by atoms with Crippen LogP contribution in [0, 0.1) is 5.82 Å². The second-order valence-electron chi connectivity index (χ2n) is 9.64. The van der Waals surface area contributed by atoms with Crippen LogP contribution in [-0.4, -0.2) is 40.7 Å². The van der Waals surface area contributed by atoms with E-state index in [0.717, 1.165) is 11.0 Å². The summed E-state index contributed by atoms with van der Waals surface area (Å²) in [5.41, 5.74) is 1.92. The zero-order valence-electron chi connectivity index (χ0n) is 20.5. The molecule has 3 amide bonds. The third-order valence-corrected chi connectivity index (χ3v) is 7.82. The fourth-order valence-electron chi connectivity index (χ4n) is 5.08. The van der Waals surface area contributed by atoms with Gasteiger partial charge in [-0.2, -0.15) is 0 Å². The number of amides is 3. The zero-order valence-corrected chi connectivity index (χ0v) is 22.1. The van der Waals surface area contributed by atoms with E-state index in [2.05, 4.69) is 10.3 Å². The van der Waals surface area contributed by atoms with E-state index in [1.165, 1.54) is 34.4 Å². The molecule has 0 unspecified atom stereocenters. The van der Waals surface area contributed by atoms with Crippen LogP contribution in [0.1, 0.15) is 43.7 Å². The predicted octanol–water partition coefficient (Wildman–Crippen LogP) is 5.51. The van der Waals surface area contributed by atoms with Crippen LogP contribution in [0.4, 0.5) is 24.7 Å². The second-order valence-corrected chi connectivity index (χ2v) is 10.8. The summed E-state index contributed by atoms with van der Waals surface area (Å²) in [4.78, 5) is 47.2. The smallest absolute Gasteiger partial charge is 0.252 e. The summed E-state index contributed by atoms with van der Waals surface area (Å²) in [6.07, 6.45) is -0.613. The number of anilines is 2. The molecule has 2 aliphatic rings. The number of benzene rings is 2. The maximum absolute atomic E-state index is 14.4. The Hall–Kier alpha value is -3.44. The molecule has 12 heteroatoms. The summed E-state index contributed by atoms with van der Waals surface area (Å²) in [7, 11) is 0. The number of halogens is 4. The summed E-state index contributed by atoms with van der Waals surface area (Å²) in [6, 6.07) is 8.88. The minimum absolute atomic E-state index is 0.0866. The Balaban J connectivity index is 1.52. The summed E-state index contributed by atoms with van der Waals surface area (Å²) in [5, 5.41) is 4.49. The van der Waals surface area contributed by atoms with Crippen LogP contribution in [0.25, 0.3) is 0 Å². The average molecular weight is 577 g/mol. The molecule has 2 atom stereocenters. The van der Waals surface area contributed by atoms with Gasteiger partial charge in [0.2, 0.25) is 17.7 Å². The molecule has 1 saturated heterocycles. The van der Waals surface area contributed by atoms with Crippen LogP contribution >= 0.6 is 22.9 Å². The quantitative estimate of drug-likeness (QED) is 0.383. The van der Waals surface area contributed by atoms with Crippen molar-refractivity contribution in [1.29, 1.82) is 0 Å². The number of rotatable bonds is 8. The Kier molecular flexibility index (Phi) is 7.64. The van der Waals surface area contributed by atoms with Gasteiger partial charge in [0.25, 0.3) is 5.92 Å². The molecular weight excluding hydrogens is 553 g/mol. The lowest BCUT2D eigenvalue weighted by atomic mass is 9.87. The first-order valence-corrected chi connectivity index (χ1v) is 13.7. The molecule has 1 aromatic heterocycles. The van der Waals surface area contributed by atoms with Crippen molar-refractivity contribution < 1.29 is 27.6 Å². The van der Waals surface area contributed by atoms with Crippen LogP contribution < -0.4 is 15.1 Å². The van der Waals surface area contributed by atoms with Gasteiger partial charge in [0, 0.05) is 59.4 Å². The third-order valence-electron chi connectivity index (χ3n) is 6.90. The number of carbonyl (C=O) groups excluding carboxylic acids is 3. The maximum Gasteiger partial charge on any atom is 0.252 e. The largest absolute Gasteiger partial charge is 0.351 e. The van der Waals surface area contributed by atoms with E-state index < -0.39 is 54.5 Å². The lowest BCUT2D eigenvalue weighted by Crippen LogP contribution is -2.54. The molecule has 1 N–H and O–H groups in total. The Morgan fingerprint density at radius 2 is 1.97 bits per heavy atom. The van der Waals surface area contributed by atoms with E-state index in [9.17, 15) is 27.6 Å². The summed E-state index contributed by atoms with van der Waals surface area (Å²) < 4.78 is 41.4. The molecule has 204 valence electrons. The molecule has 1 aliphatic heterocycles. The number of carbonyl (C=O) groups is 3. The standard InChI is InChI=1S/C27H24ClF3N4O3S/c28-21-7-2-1-6-20(21)25(26(38)33-17-12-27(30,31)13-17)35(18-5-3-4-16(29)10-18)24(37)11-19-8-9-23(36)34(19)22-14-39-15-32-22/h1-7,10,14-15,17,19,25H,8-9,11-13H2,(H,33,38)/t19-,25-/m0/s1. The monoisotopic (exact) mass is 576 g/mol. The van der Waals surface area contributed by atoms with Gasteiger partial charge in [-0.15, -0.1) is 11.3 Å². The Morgan fingerprint density at radius 1 is 1.21 bits per heavy atom. The van der Waals surface area contributed by atoms with Crippen LogP contribution in [-0.2, 0) is 14.4 Å². The van der Waals surface area contributed by atoms with Crippen LogP contribution in [0.15, 0.2) is 59.4 Å². The van der Waals surface area contributed by atoms with E-state index in [0.29, 0.717) is 12.2 Å². The Bertz CT molecular complexity index is 1380. The minimum atomic E-state index is -2.87. The van der Waals surface area contributed by atoms with Crippen LogP contribution in [0.5, 0.6) is 0 Å². The lowest BCUT2D eigenvalue weighted by molar-refractivity contribution is -0.133. The van der Waals surface area contributed by atoms with E-state index in [1.54, 1.807) is 35.2 Å². The summed E-state index contributed by atoms with van der Waals surface area (Å²) >= 11 is 7.78. The number of hydrogen-bond acceptors (Lipinski definition) is 5. The number of nitrogens with zero attached hydrogens (tertiary/aromatic N) is 3. The number of alkyl halides is 2. The van der Waals surface area contributed by atoms with Gasteiger partial charge in [0.1, 0.15) is 17.7 Å². The molecule has 0 radical (unpaired) electrons. The predicted molar refractivity (Wildman–Crippen MR) is 141 cm³/mol. The molecule has 5 rings (SSSR count). The van der Waals surface area contributed by atoms with Crippen molar-refractivity contribution in [3.63, 3.8) is 0 Å². The molecule has 2 heterocycles. The third kappa shape index (κ3) is 5.79. The van der Waals surface area contributed by atoms with Gasteiger partial charge < -0.3 is 5.32 Å². The molecule has 1 aliphatic carbocycles. The molecule has 7 nitrogen and oxygen atoms in total. The van der Waals surface area contributed by atoms with Gasteiger partial charge >= 0.3 is 0 Å². The highest BCUT2D eigenvalue weighted by Gasteiger charge is 2.47.